The molecule has 1 unspecified atom stereocenters. The molecule has 0 aliphatic rings. The molecule has 17 heavy (non-hydrogen) atoms. The molecule has 0 spiro atoms. The van der Waals surface area contributed by atoms with Crippen molar-refractivity contribution in [1.29, 1.82) is 0 Å². The van der Waals surface area contributed by atoms with Crippen molar-refractivity contribution in [2.24, 2.45) is 0 Å². The summed E-state index contributed by atoms with van der Waals surface area (Å²) < 4.78 is 0. The first-order chi connectivity index (χ1) is 8.16. The molecular formula is C14H16N2O. The number of rotatable bonds is 3. The van der Waals surface area contributed by atoms with Gasteiger partial charge in [0, 0.05) is 24.1 Å². The number of aromatic nitrogens is 1. The normalized spacial score (nSPS) is 12.1. The van der Waals surface area contributed by atoms with E-state index >= 15 is 0 Å². The zero-order chi connectivity index (χ0) is 12.3. The molecule has 0 saturated carbocycles. The quantitative estimate of drug-likeness (QED) is 0.792. The Morgan fingerprint density at radius 2 is 1.88 bits per heavy atom. The Morgan fingerprint density at radius 3 is 2.53 bits per heavy atom. The lowest BCUT2D eigenvalue weighted by Gasteiger charge is -2.16. The van der Waals surface area contributed by atoms with E-state index in [0.29, 0.717) is 5.75 Å². The Labute approximate surface area is 101 Å². The molecule has 2 N–H and O–H groups in total. The molecule has 1 aromatic carbocycles. The zero-order valence-corrected chi connectivity index (χ0v) is 10.0. The highest BCUT2D eigenvalue weighted by molar-refractivity contribution is 5.51. The SMILES string of the molecule is Cc1cc(NC(C)c2ccncc2)ccc1O. The maximum atomic E-state index is 9.46. The van der Waals surface area contributed by atoms with Crippen molar-refractivity contribution in [2.45, 2.75) is 19.9 Å². The lowest BCUT2D eigenvalue weighted by Crippen LogP contribution is -2.06. The van der Waals surface area contributed by atoms with Crippen LogP contribution in [0.4, 0.5) is 5.69 Å². The molecule has 2 aromatic rings. The van der Waals surface area contributed by atoms with Crippen molar-refractivity contribution in [2.75, 3.05) is 5.32 Å². The maximum absolute atomic E-state index is 9.46. The second kappa shape index (κ2) is 4.87. The van der Waals surface area contributed by atoms with Crippen LogP contribution >= 0.6 is 0 Å². The van der Waals surface area contributed by atoms with Gasteiger partial charge in [0.25, 0.3) is 0 Å². The summed E-state index contributed by atoms with van der Waals surface area (Å²) in [5.74, 6) is 0.326. The molecule has 1 heterocycles. The van der Waals surface area contributed by atoms with E-state index in [1.54, 1.807) is 18.5 Å². The number of aryl methyl sites for hydroxylation is 1. The van der Waals surface area contributed by atoms with E-state index in [2.05, 4.69) is 17.2 Å². The van der Waals surface area contributed by atoms with Gasteiger partial charge in [0.2, 0.25) is 0 Å². The predicted octanol–water partition coefficient (Wildman–Crippen LogP) is 3.27. The van der Waals surface area contributed by atoms with Crippen LogP contribution in [0.15, 0.2) is 42.7 Å². The molecule has 2 rings (SSSR count). The number of pyridine rings is 1. The van der Waals surface area contributed by atoms with Crippen LogP contribution in [0.2, 0.25) is 0 Å². The van der Waals surface area contributed by atoms with Crippen LogP contribution in [0.3, 0.4) is 0 Å². The Balaban J connectivity index is 2.13. The monoisotopic (exact) mass is 228 g/mol. The van der Waals surface area contributed by atoms with E-state index in [-0.39, 0.29) is 6.04 Å². The van der Waals surface area contributed by atoms with E-state index in [1.807, 2.05) is 31.2 Å². The number of nitrogens with one attached hydrogen (secondary N) is 1. The molecular weight excluding hydrogens is 212 g/mol. The first-order valence-corrected chi connectivity index (χ1v) is 5.63. The number of aromatic hydroxyl groups is 1. The van der Waals surface area contributed by atoms with Crippen LogP contribution in [-0.4, -0.2) is 10.1 Å². The van der Waals surface area contributed by atoms with Crippen molar-refractivity contribution in [3.8, 4) is 5.75 Å². The number of phenolic OH excluding ortho intramolecular Hbond substituents is 1. The van der Waals surface area contributed by atoms with E-state index in [0.717, 1.165) is 11.3 Å². The Kier molecular flexibility index (Phi) is 3.28. The molecule has 0 saturated heterocycles. The summed E-state index contributed by atoms with van der Waals surface area (Å²) in [6.07, 6.45) is 3.57. The largest absolute Gasteiger partial charge is 0.508 e. The standard InChI is InChI=1S/C14H16N2O/c1-10-9-13(3-4-14(10)17)16-11(2)12-5-7-15-8-6-12/h3-9,11,16-17H,1-2H3. The van der Waals surface area contributed by atoms with Crippen molar-refractivity contribution >= 4 is 5.69 Å². The third-order valence-corrected chi connectivity index (χ3v) is 2.79. The van der Waals surface area contributed by atoms with E-state index < -0.39 is 0 Å². The zero-order valence-electron chi connectivity index (χ0n) is 10.0. The molecule has 0 aliphatic carbocycles. The number of hydrogen-bond donors (Lipinski definition) is 2. The van der Waals surface area contributed by atoms with Gasteiger partial charge in [-0.2, -0.15) is 0 Å². The number of benzene rings is 1. The molecule has 1 atom stereocenters. The van der Waals surface area contributed by atoms with Gasteiger partial charge in [0.15, 0.2) is 0 Å². The third-order valence-electron chi connectivity index (χ3n) is 2.79. The highest BCUT2D eigenvalue weighted by Crippen LogP contribution is 2.23. The minimum atomic E-state index is 0.210. The van der Waals surface area contributed by atoms with Crippen LogP contribution in [0.1, 0.15) is 24.1 Å². The van der Waals surface area contributed by atoms with Gasteiger partial charge >= 0.3 is 0 Å². The number of anilines is 1. The predicted molar refractivity (Wildman–Crippen MR) is 69.1 cm³/mol. The molecule has 1 aromatic heterocycles. The Morgan fingerprint density at radius 1 is 1.18 bits per heavy atom. The molecule has 0 aliphatic heterocycles. The average molecular weight is 228 g/mol. The summed E-state index contributed by atoms with van der Waals surface area (Å²) >= 11 is 0. The van der Waals surface area contributed by atoms with Crippen molar-refractivity contribution < 1.29 is 5.11 Å². The Hall–Kier alpha value is -2.03. The van der Waals surface area contributed by atoms with E-state index in [4.69, 9.17) is 0 Å². The highest BCUT2D eigenvalue weighted by atomic mass is 16.3. The number of nitrogens with zero attached hydrogens (tertiary/aromatic N) is 1. The van der Waals surface area contributed by atoms with E-state index in [9.17, 15) is 5.11 Å². The van der Waals surface area contributed by atoms with Gasteiger partial charge in [-0.3, -0.25) is 4.98 Å². The second-order valence-electron chi connectivity index (χ2n) is 4.15. The molecule has 88 valence electrons. The van der Waals surface area contributed by atoms with Crippen LogP contribution in [0.5, 0.6) is 5.75 Å². The summed E-state index contributed by atoms with van der Waals surface area (Å²) in [6, 6.07) is 9.71. The van der Waals surface area contributed by atoms with E-state index in [1.165, 1.54) is 5.56 Å². The summed E-state index contributed by atoms with van der Waals surface area (Å²) in [5.41, 5.74) is 3.06. The fourth-order valence-electron chi connectivity index (χ4n) is 1.73. The van der Waals surface area contributed by atoms with Gasteiger partial charge in [-0.1, -0.05) is 0 Å². The first kappa shape index (κ1) is 11.5. The van der Waals surface area contributed by atoms with Gasteiger partial charge in [-0.15, -0.1) is 0 Å². The lowest BCUT2D eigenvalue weighted by atomic mass is 10.1. The summed E-state index contributed by atoms with van der Waals surface area (Å²) in [6.45, 7) is 3.98. The van der Waals surface area contributed by atoms with Gasteiger partial charge in [-0.05, 0) is 55.3 Å². The van der Waals surface area contributed by atoms with Gasteiger partial charge in [-0.25, -0.2) is 0 Å². The van der Waals surface area contributed by atoms with Crippen molar-refractivity contribution in [3.05, 3.63) is 53.9 Å². The van der Waals surface area contributed by atoms with Gasteiger partial charge < -0.3 is 10.4 Å². The van der Waals surface area contributed by atoms with Crippen LogP contribution < -0.4 is 5.32 Å². The molecule has 0 bridgehead atoms. The molecule has 0 amide bonds. The smallest absolute Gasteiger partial charge is 0.118 e. The van der Waals surface area contributed by atoms with Gasteiger partial charge in [0.1, 0.15) is 5.75 Å². The molecule has 3 nitrogen and oxygen atoms in total. The van der Waals surface area contributed by atoms with Crippen LogP contribution in [0, 0.1) is 6.92 Å². The fraction of sp³-hybridized carbons (Fsp3) is 0.214. The molecule has 0 fully saturated rings. The Bertz CT molecular complexity index is 497. The average Bonchev–Trinajstić information content (AvgIpc) is 2.35. The minimum absolute atomic E-state index is 0.210. The summed E-state index contributed by atoms with van der Waals surface area (Å²) in [5, 5.41) is 12.8. The second-order valence-corrected chi connectivity index (χ2v) is 4.15. The fourth-order valence-corrected chi connectivity index (χ4v) is 1.73. The summed E-state index contributed by atoms with van der Waals surface area (Å²) in [7, 11) is 0. The van der Waals surface area contributed by atoms with Crippen molar-refractivity contribution in [1.82, 2.24) is 4.98 Å². The maximum Gasteiger partial charge on any atom is 0.118 e. The third kappa shape index (κ3) is 2.75. The van der Waals surface area contributed by atoms with Gasteiger partial charge in [0.05, 0.1) is 0 Å². The number of hydrogen-bond acceptors (Lipinski definition) is 3. The minimum Gasteiger partial charge on any atom is -0.508 e. The number of phenols is 1. The highest BCUT2D eigenvalue weighted by Gasteiger charge is 2.05. The van der Waals surface area contributed by atoms with Crippen LogP contribution in [0.25, 0.3) is 0 Å². The lowest BCUT2D eigenvalue weighted by molar-refractivity contribution is 0.471. The molecule has 3 heteroatoms. The first-order valence-electron chi connectivity index (χ1n) is 5.63. The van der Waals surface area contributed by atoms with Crippen molar-refractivity contribution in [3.63, 3.8) is 0 Å². The summed E-state index contributed by atoms with van der Waals surface area (Å²) in [4.78, 5) is 4.00. The van der Waals surface area contributed by atoms with Crippen LogP contribution in [-0.2, 0) is 0 Å². The topological polar surface area (TPSA) is 45.2 Å². The molecule has 0 radical (unpaired) electrons.